The summed E-state index contributed by atoms with van der Waals surface area (Å²) in [5.41, 5.74) is 1.29. The van der Waals surface area contributed by atoms with Gasteiger partial charge in [-0.1, -0.05) is 20.8 Å². The Labute approximate surface area is 108 Å². The summed E-state index contributed by atoms with van der Waals surface area (Å²) in [5, 5.41) is 25.9. The lowest BCUT2D eigenvalue weighted by Gasteiger charge is -2.32. The first-order chi connectivity index (χ1) is 8.31. The van der Waals surface area contributed by atoms with Gasteiger partial charge in [0, 0.05) is 19.7 Å². The van der Waals surface area contributed by atoms with Gasteiger partial charge < -0.3 is 10.4 Å². The Bertz CT molecular complexity index is 451. The summed E-state index contributed by atoms with van der Waals surface area (Å²) in [6.45, 7) is 8.26. The molecule has 0 aliphatic rings. The van der Waals surface area contributed by atoms with Crippen LogP contribution in [0.5, 0.6) is 0 Å². The molecule has 1 heterocycles. The van der Waals surface area contributed by atoms with Crippen molar-refractivity contribution in [3.63, 3.8) is 0 Å². The summed E-state index contributed by atoms with van der Waals surface area (Å²) in [5.74, 6) is 0.725. The lowest BCUT2D eigenvalue weighted by molar-refractivity contribution is 0.234. The molecule has 18 heavy (non-hydrogen) atoms. The maximum Gasteiger partial charge on any atom is 0.142 e. The van der Waals surface area contributed by atoms with Crippen LogP contribution in [0.25, 0.3) is 0 Å². The van der Waals surface area contributed by atoms with Crippen LogP contribution < -0.4 is 5.32 Å². The molecular weight excluding hydrogens is 228 g/mol. The molecule has 0 spiro atoms. The molecule has 0 amide bonds. The van der Waals surface area contributed by atoms with E-state index in [1.807, 2.05) is 14.0 Å². The van der Waals surface area contributed by atoms with Gasteiger partial charge in [-0.05, 0) is 18.8 Å². The number of hydrogen-bond donors (Lipinski definition) is 2. The van der Waals surface area contributed by atoms with Crippen molar-refractivity contribution in [2.24, 2.45) is 12.5 Å². The highest BCUT2D eigenvalue weighted by Gasteiger charge is 2.26. The third-order valence-electron chi connectivity index (χ3n) is 3.11. The van der Waals surface area contributed by atoms with E-state index in [0.29, 0.717) is 12.0 Å². The average Bonchev–Trinajstić information content (AvgIpc) is 2.51. The summed E-state index contributed by atoms with van der Waals surface area (Å²) in [6.07, 6.45) is 0.637. The molecule has 2 N–H and O–H groups in total. The number of aliphatic hydroxyl groups is 1. The zero-order valence-corrected chi connectivity index (χ0v) is 11.8. The Morgan fingerprint density at radius 1 is 1.50 bits per heavy atom. The van der Waals surface area contributed by atoms with E-state index in [0.717, 1.165) is 11.5 Å². The molecule has 0 aliphatic carbocycles. The summed E-state index contributed by atoms with van der Waals surface area (Å²) in [6, 6.07) is 2.26. The van der Waals surface area contributed by atoms with Gasteiger partial charge in [0.05, 0.1) is 5.69 Å². The SMILES string of the molecule is Cc1nn(C)c(NC(CCO)C(C)(C)C)c1C#N. The Kier molecular flexibility index (Phi) is 4.36. The number of aliphatic hydroxyl groups excluding tert-OH is 1. The number of aryl methyl sites for hydroxylation is 2. The molecule has 1 rings (SSSR count). The number of aromatic nitrogens is 2. The Hall–Kier alpha value is -1.54. The van der Waals surface area contributed by atoms with E-state index >= 15 is 0 Å². The molecule has 1 unspecified atom stereocenters. The van der Waals surface area contributed by atoms with Crippen molar-refractivity contribution >= 4 is 5.82 Å². The summed E-state index contributed by atoms with van der Waals surface area (Å²) in [7, 11) is 1.81. The second-order valence-electron chi connectivity index (χ2n) is 5.62. The van der Waals surface area contributed by atoms with E-state index in [-0.39, 0.29) is 18.1 Å². The second-order valence-corrected chi connectivity index (χ2v) is 5.62. The first-order valence-electron chi connectivity index (χ1n) is 6.12. The monoisotopic (exact) mass is 250 g/mol. The number of rotatable bonds is 4. The van der Waals surface area contributed by atoms with E-state index in [1.165, 1.54) is 0 Å². The van der Waals surface area contributed by atoms with Crippen molar-refractivity contribution in [1.82, 2.24) is 9.78 Å². The van der Waals surface area contributed by atoms with Gasteiger partial charge in [0.2, 0.25) is 0 Å². The molecule has 0 saturated heterocycles. The molecule has 0 aromatic carbocycles. The van der Waals surface area contributed by atoms with Gasteiger partial charge >= 0.3 is 0 Å². The maximum absolute atomic E-state index is 9.17. The van der Waals surface area contributed by atoms with Crippen molar-refractivity contribution < 1.29 is 5.11 Å². The zero-order valence-electron chi connectivity index (χ0n) is 11.8. The van der Waals surface area contributed by atoms with Crippen LogP contribution in [0.4, 0.5) is 5.82 Å². The van der Waals surface area contributed by atoms with E-state index in [1.54, 1.807) is 4.68 Å². The number of nitrogens with one attached hydrogen (secondary N) is 1. The molecule has 0 aliphatic heterocycles. The minimum absolute atomic E-state index is 0.00632. The Morgan fingerprint density at radius 3 is 2.56 bits per heavy atom. The first-order valence-corrected chi connectivity index (χ1v) is 6.12. The maximum atomic E-state index is 9.17. The van der Waals surface area contributed by atoms with Crippen molar-refractivity contribution in [2.45, 2.75) is 40.2 Å². The lowest BCUT2D eigenvalue weighted by atomic mass is 9.85. The third-order valence-corrected chi connectivity index (χ3v) is 3.11. The summed E-state index contributed by atoms with van der Waals surface area (Å²) < 4.78 is 1.68. The fraction of sp³-hybridized carbons (Fsp3) is 0.692. The van der Waals surface area contributed by atoms with Gasteiger partial charge in [-0.15, -0.1) is 0 Å². The predicted octanol–water partition coefficient (Wildman–Crippen LogP) is 1.81. The number of nitrogens with zero attached hydrogens (tertiary/aromatic N) is 3. The van der Waals surface area contributed by atoms with E-state index < -0.39 is 0 Å². The van der Waals surface area contributed by atoms with Crippen LogP contribution in [0.2, 0.25) is 0 Å². The molecule has 5 nitrogen and oxygen atoms in total. The molecule has 0 radical (unpaired) electrons. The van der Waals surface area contributed by atoms with Crippen LogP contribution in [0.1, 0.15) is 38.4 Å². The van der Waals surface area contributed by atoms with Gasteiger partial charge in [-0.2, -0.15) is 10.4 Å². The summed E-state index contributed by atoms with van der Waals surface area (Å²) >= 11 is 0. The predicted molar refractivity (Wildman–Crippen MR) is 71.2 cm³/mol. The first kappa shape index (κ1) is 14.5. The van der Waals surface area contributed by atoms with Crippen molar-refractivity contribution in [2.75, 3.05) is 11.9 Å². The molecule has 0 bridgehead atoms. The Balaban J connectivity index is 3.05. The molecule has 0 saturated carbocycles. The standard InChI is InChI=1S/C13H22N4O/c1-9-10(8-14)12(17(5)16-9)15-11(6-7-18)13(2,3)4/h11,15,18H,6-7H2,1-5H3. The highest BCUT2D eigenvalue weighted by Crippen LogP contribution is 2.27. The average molecular weight is 250 g/mol. The highest BCUT2D eigenvalue weighted by atomic mass is 16.3. The van der Waals surface area contributed by atoms with Crippen molar-refractivity contribution in [3.8, 4) is 6.07 Å². The number of hydrogen-bond acceptors (Lipinski definition) is 4. The summed E-state index contributed by atoms with van der Waals surface area (Å²) in [4.78, 5) is 0. The van der Waals surface area contributed by atoms with E-state index in [9.17, 15) is 0 Å². The zero-order chi connectivity index (χ0) is 13.9. The lowest BCUT2D eigenvalue weighted by Crippen LogP contribution is -2.35. The quantitative estimate of drug-likeness (QED) is 0.854. The fourth-order valence-corrected chi connectivity index (χ4v) is 1.97. The third kappa shape index (κ3) is 3.02. The minimum Gasteiger partial charge on any atom is -0.396 e. The molecular formula is C13H22N4O. The number of anilines is 1. The molecule has 100 valence electrons. The largest absolute Gasteiger partial charge is 0.396 e. The van der Waals surface area contributed by atoms with Crippen molar-refractivity contribution in [3.05, 3.63) is 11.3 Å². The minimum atomic E-state index is -0.00632. The van der Waals surface area contributed by atoms with Crippen LogP contribution in [0.3, 0.4) is 0 Å². The fourth-order valence-electron chi connectivity index (χ4n) is 1.97. The highest BCUT2D eigenvalue weighted by molar-refractivity contribution is 5.55. The molecule has 1 atom stereocenters. The van der Waals surface area contributed by atoms with Gasteiger partial charge in [-0.25, -0.2) is 0 Å². The molecule has 1 aromatic heterocycles. The number of nitriles is 1. The van der Waals surface area contributed by atoms with Crippen LogP contribution in [0.15, 0.2) is 0 Å². The van der Waals surface area contributed by atoms with Gasteiger partial charge in [-0.3, -0.25) is 4.68 Å². The van der Waals surface area contributed by atoms with Gasteiger partial charge in [0.25, 0.3) is 0 Å². The van der Waals surface area contributed by atoms with Gasteiger partial charge in [0.15, 0.2) is 0 Å². The van der Waals surface area contributed by atoms with Crippen LogP contribution in [-0.2, 0) is 7.05 Å². The normalized spacial score (nSPS) is 13.2. The van der Waals surface area contributed by atoms with Crippen LogP contribution >= 0.6 is 0 Å². The topological polar surface area (TPSA) is 73.9 Å². The van der Waals surface area contributed by atoms with E-state index in [4.69, 9.17) is 10.4 Å². The smallest absolute Gasteiger partial charge is 0.142 e. The van der Waals surface area contributed by atoms with Crippen LogP contribution in [0, 0.1) is 23.7 Å². The van der Waals surface area contributed by atoms with E-state index in [2.05, 4.69) is 37.3 Å². The molecule has 5 heteroatoms. The van der Waals surface area contributed by atoms with Gasteiger partial charge in [0.1, 0.15) is 17.5 Å². The van der Waals surface area contributed by atoms with Crippen molar-refractivity contribution in [1.29, 1.82) is 5.26 Å². The molecule has 1 aromatic rings. The molecule has 0 fully saturated rings. The van der Waals surface area contributed by atoms with Crippen LogP contribution in [-0.4, -0.2) is 27.5 Å². The Morgan fingerprint density at radius 2 is 2.11 bits per heavy atom. The second kappa shape index (κ2) is 5.40.